The molecular weight excluding hydrogens is 224 g/mol. The van der Waals surface area contributed by atoms with Gasteiger partial charge in [-0.15, -0.1) is 0 Å². The molecular formula is C15H28N2O. The smallest absolute Gasteiger partial charge is 0.237 e. The molecule has 2 N–H and O–H groups in total. The molecule has 0 aromatic carbocycles. The third-order valence-corrected chi connectivity index (χ3v) is 4.62. The molecule has 1 unspecified atom stereocenters. The average molecular weight is 252 g/mol. The number of carbonyl (C=O) groups excluding carboxylic acids is 1. The molecule has 3 heteroatoms. The highest BCUT2D eigenvalue weighted by atomic mass is 16.2. The minimum Gasteiger partial charge on any atom is -0.352 e. The Hall–Kier alpha value is -0.570. The molecule has 0 aromatic rings. The van der Waals surface area contributed by atoms with Crippen molar-refractivity contribution in [3.63, 3.8) is 0 Å². The van der Waals surface area contributed by atoms with E-state index in [0.717, 1.165) is 12.8 Å². The predicted molar refractivity (Wildman–Crippen MR) is 74.5 cm³/mol. The van der Waals surface area contributed by atoms with Crippen molar-refractivity contribution in [1.82, 2.24) is 10.6 Å². The van der Waals surface area contributed by atoms with Gasteiger partial charge in [0.25, 0.3) is 0 Å². The van der Waals surface area contributed by atoms with Crippen molar-refractivity contribution in [1.29, 1.82) is 0 Å². The Morgan fingerprint density at radius 1 is 1.11 bits per heavy atom. The first kappa shape index (κ1) is 13.9. The summed E-state index contributed by atoms with van der Waals surface area (Å²) in [7, 11) is 0. The maximum absolute atomic E-state index is 12.2. The largest absolute Gasteiger partial charge is 0.352 e. The zero-order valence-electron chi connectivity index (χ0n) is 11.9. The summed E-state index contributed by atoms with van der Waals surface area (Å²) in [5.41, 5.74) is 0.184. The fraction of sp³-hybridized carbons (Fsp3) is 0.933. The fourth-order valence-electron chi connectivity index (χ4n) is 3.46. The van der Waals surface area contributed by atoms with E-state index >= 15 is 0 Å². The molecule has 2 saturated carbocycles. The van der Waals surface area contributed by atoms with Gasteiger partial charge in [-0.1, -0.05) is 32.1 Å². The van der Waals surface area contributed by atoms with Gasteiger partial charge in [0.2, 0.25) is 5.91 Å². The Kier molecular flexibility index (Phi) is 4.66. The van der Waals surface area contributed by atoms with E-state index in [4.69, 9.17) is 0 Å². The van der Waals surface area contributed by atoms with Crippen LogP contribution in [-0.4, -0.2) is 23.5 Å². The van der Waals surface area contributed by atoms with Crippen molar-refractivity contribution in [2.45, 2.75) is 89.3 Å². The number of hydrogen-bond acceptors (Lipinski definition) is 2. The SMILES string of the molecule is CC(NC1(C)CCCC1)C(=O)NC1CCCCC1. The van der Waals surface area contributed by atoms with Crippen molar-refractivity contribution < 1.29 is 4.79 Å². The highest BCUT2D eigenvalue weighted by Crippen LogP contribution is 2.29. The summed E-state index contributed by atoms with van der Waals surface area (Å²) < 4.78 is 0. The van der Waals surface area contributed by atoms with Gasteiger partial charge in [-0.3, -0.25) is 4.79 Å². The van der Waals surface area contributed by atoms with Crippen molar-refractivity contribution in [3.8, 4) is 0 Å². The average Bonchev–Trinajstić information content (AvgIpc) is 2.77. The van der Waals surface area contributed by atoms with Crippen LogP contribution >= 0.6 is 0 Å². The first-order valence-electron chi connectivity index (χ1n) is 7.67. The first-order valence-corrected chi connectivity index (χ1v) is 7.67. The maximum atomic E-state index is 12.2. The van der Waals surface area contributed by atoms with Crippen LogP contribution in [0.2, 0.25) is 0 Å². The molecule has 0 bridgehead atoms. The van der Waals surface area contributed by atoms with Crippen LogP contribution in [0.5, 0.6) is 0 Å². The topological polar surface area (TPSA) is 41.1 Å². The minimum absolute atomic E-state index is 0.0602. The molecule has 0 aliphatic heterocycles. The van der Waals surface area contributed by atoms with E-state index in [0.29, 0.717) is 6.04 Å². The number of carbonyl (C=O) groups is 1. The predicted octanol–water partition coefficient (Wildman–Crippen LogP) is 2.75. The molecule has 2 aliphatic rings. The van der Waals surface area contributed by atoms with Crippen LogP contribution < -0.4 is 10.6 Å². The van der Waals surface area contributed by atoms with Gasteiger partial charge in [-0.2, -0.15) is 0 Å². The van der Waals surface area contributed by atoms with Crippen molar-refractivity contribution in [3.05, 3.63) is 0 Å². The van der Waals surface area contributed by atoms with Gasteiger partial charge in [-0.25, -0.2) is 0 Å². The molecule has 2 fully saturated rings. The molecule has 0 spiro atoms. The van der Waals surface area contributed by atoms with E-state index in [1.165, 1.54) is 44.9 Å². The van der Waals surface area contributed by atoms with Gasteiger partial charge in [0.05, 0.1) is 6.04 Å². The van der Waals surface area contributed by atoms with Crippen LogP contribution in [0.3, 0.4) is 0 Å². The maximum Gasteiger partial charge on any atom is 0.237 e. The lowest BCUT2D eigenvalue weighted by atomic mass is 9.95. The molecule has 0 heterocycles. The normalized spacial score (nSPS) is 25.9. The molecule has 3 nitrogen and oxygen atoms in total. The first-order chi connectivity index (χ1) is 8.59. The van der Waals surface area contributed by atoms with Gasteiger partial charge >= 0.3 is 0 Å². The van der Waals surface area contributed by atoms with Gasteiger partial charge in [0.15, 0.2) is 0 Å². The number of hydrogen-bond donors (Lipinski definition) is 2. The lowest BCUT2D eigenvalue weighted by Gasteiger charge is -2.31. The standard InChI is InChI=1S/C15H28N2O/c1-12(17-15(2)10-6-7-11-15)14(18)16-13-8-4-3-5-9-13/h12-13,17H,3-11H2,1-2H3,(H,16,18). The van der Waals surface area contributed by atoms with E-state index in [1.807, 2.05) is 6.92 Å². The van der Waals surface area contributed by atoms with Gasteiger partial charge < -0.3 is 10.6 Å². The van der Waals surface area contributed by atoms with Crippen molar-refractivity contribution >= 4 is 5.91 Å². The van der Waals surface area contributed by atoms with Crippen LogP contribution in [0.4, 0.5) is 0 Å². The Balaban J connectivity index is 1.77. The lowest BCUT2D eigenvalue weighted by molar-refractivity contribution is -0.124. The van der Waals surface area contributed by atoms with E-state index in [-0.39, 0.29) is 17.5 Å². The summed E-state index contributed by atoms with van der Waals surface area (Å²) in [6.45, 7) is 4.26. The number of rotatable bonds is 4. The second-order valence-corrected chi connectivity index (χ2v) is 6.48. The van der Waals surface area contributed by atoms with Crippen LogP contribution in [0.25, 0.3) is 0 Å². The van der Waals surface area contributed by atoms with E-state index in [9.17, 15) is 4.79 Å². The van der Waals surface area contributed by atoms with Crippen LogP contribution in [-0.2, 0) is 4.79 Å². The third kappa shape index (κ3) is 3.71. The Labute approximate surface area is 111 Å². The number of amides is 1. The second-order valence-electron chi connectivity index (χ2n) is 6.48. The summed E-state index contributed by atoms with van der Waals surface area (Å²) in [6.07, 6.45) is 11.2. The van der Waals surface area contributed by atoms with Crippen LogP contribution in [0.1, 0.15) is 71.6 Å². The van der Waals surface area contributed by atoms with Crippen molar-refractivity contribution in [2.75, 3.05) is 0 Å². The van der Waals surface area contributed by atoms with Gasteiger partial charge in [0, 0.05) is 11.6 Å². The Morgan fingerprint density at radius 3 is 2.33 bits per heavy atom. The number of nitrogens with one attached hydrogen (secondary N) is 2. The summed E-state index contributed by atoms with van der Waals surface area (Å²) in [4.78, 5) is 12.2. The molecule has 2 aliphatic carbocycles. The van der Waals surface area contributed by atoms with E-state index < -0.39 is 0 Å². The summed E-state index contributed by atoms with van der Waals surface area (Å²) >= 11 is 0. The highest BCUT2D eigenvalue weighted by molar-refractivity contribution is 5.81. The Bertz CT molecular complexity index is 278. The third-order valence-electron chi connectivity index (χ3n) is 4.62. The highest BCUT2D eigenvalue weighted by Gasteiger charge is 2.31. The van der Waals surface area contributed by atoms with Crippen LogP contribution in [0.15, 0.2) is 0 Å². The van der Waals surface area contributed by atoms with Gasteiger partial charge in [0.1, 0.15) is 0 Å². The summed E-state index contributed by atoms with van der Waals surface area (Å²) in [5.74, 6) is 0.190. The molecule has 0 radical (unpaired) electrons. The molecule has 1 atom stereocenters. The van der Waals surface area contributed by atoms with Crippen molar-refractivity contribution in [2.24, 2.45) is 0 Å². The lowest BCUT2D eigenvalue weighted by Crippen LogP contribution is -2.53. The molecule has 2 rings (SSSR count). The van der Waals surface area contributed by atoms with E-state index in [1.54, 1.807) is 0 Å². The zero-order valence-corrected chi connectivity index (χ0v) is 11.9. The molecule has 0 aromatic heterocycles. The molecule has 1 amide bonds. The molecule has 104 valence electrons. The molecule has 18 heavy (non-hydrogen) atoms. The second kappa shape index (κ2) is 6.05. The fourth-order valence-corrected chi connectivity index (χ4v) is 3.46. The quantitative estimate of drug-likeness (QED) is 0.808. The summed E-state index contributed by atoms with van der Waals surface area (Å²) in [5, 5.41) is 6.74. The van der Waals surface area contributed by atoms with E-state index in [2.05, 4.69) is 17.6 Å². The molecule has 0 saturated heterocycles. The Morgan fingerprint density at radius 2 is 1.72 bits per heavy atom. The monoisotopic (exact) mass is 252 g/mol. The zero-order chi connectivity index (χ0) is 13.0. The van der Waals surface area contributed by atoms with Gasteiger partial charge in [-0.05, 0) is 39.5 Å². The summed E-state index contributed by atoms with van der Waals surface area (Å²) in [6, 6.07) is 0.363. The van der Waals surface area contributed by atoms with Crippen LogP contribution in [0, 0.1) is 0 Å². The minimum atomic E-state index is -0.0602.